The summed E-state index contributed by atoms with van der Waals surface area (Å²) in [7, 11) is 0. The summed E-state index contributed by atoms with van der Waals surface area (Å²) in [5.74, 6) is -0.675. The maximum atomic E-state index is 11.4. The number of rotatable bonds is 3. The number of hydrogen-bond donors (Lipinski definition) is 0. The lowest BCUT2D eigenvalue weighted by Gasteiger charge is -2.04. The first-order valence-electron chi connectivity index (χ1n) is 3.70. The van der Waals surface area contributed by atoms with E-state index in [9.17, 15) is 14.9 Å². The van der Waals surface area contributed by atoms with Crippen LogP contribution in [0.25, 0.3) is 0 Å². The average Bonchev–Trinajstić information content (AvgIpc) is 2.16. The molecule has 80 valence electrons. The van der Waals surface area contributed by atoms with Gasteiger partial charge >= 0.3 is 0 Å². The van der Waals surface area contributed by atoms with E-state index in [2.05, 4.69) is 0 Å². The van der Waals surface area contributed by atoms with Gasteiger partial charge < -0.3 is 0 Å². The van der Waals surface area contributed by atoms with Crippen molar-refractivity contribution in [2.45, 2.75) is 0 Å². The molecule has 0 atom stereocenters. The summed E-state index contributed by atoms with van der Waals surface area (Å²) >= 11 is 13.0. The number of alkyl halides is 1. The molecule has 0 saturated heterocycles. The Labute approximate surface area is 109 Å². The lowest BCUT2D eigenvalue weighted by Crippen LogP contribution is -2.05. The Morgan fingerprint density at radius 1 is 1.53 bits per heavy atom. The van der Waals surface area contributed by atoms with Crippen molar-refractivity contribution in [3.63, 3.8) is 0 Å². The first-order chi connectivity index (χ1) is 6.99. The molecule has 7 heteroatoms. The molecule has 0 aliphatic carbocycles. The number of hydrogen-bond acceptors (Lipinski definition) is 3. The zero-order valence-corrected chi connectivity index (χ0v) is 10.8. The minimum atomic E-state index is -0.635. The van der Waals surface area contributed by atoms with Crippen LogP contribution in [0.15, 0.2) is 12.1 Å². The summed E-state index contributed by atoms with van der Waals surface area (Å²) in [6.45, 7) is 0. The molecule has 0 N–H and O–H groups in total. The molecule has 0 bridgehead atoms. The molecule has 0 saturated carbocycles. The Balaban J connectivity index is 3.43. The van der Waals surface area contributed by atoms with Gasteiger partial charge in [-0.3, -0.25) is 14.9 Å². The molecule has 0 aliphatic rings. The first-order valence-corrected chi connectivity index (χ1v) is 5.69. The van der Waals surface area contributed by atoms with Crippen molar-refractivity contribution >= 4 is 57.3 Å². The van der Waals surface area contributed by atoms with E-state index < -0.39 is 10.7 Å². The Morgan fingerprint density at radius 3 is 2.60 bits per heavy atom. The second kappa shape index (κ2) is 5.09. The van der Waals surface area contributed by atoms with Gasteiger partial charge in [0, 0.05) is 9.64 Å². The highest BCUT2D eigenvalue weighted by atomic mass is 127. The fourth-order valence-electron chi connectivity index (χ4n) is 1.00. The van der Waals surface area contributed by atoms with Crippen LogP contribution in [0.2, 0.25) is 5.02 Å². The molecule has 0 amide bonds. The van der Waals surface area contributed by atoms with Crippen LogP contribution in [-0.2, 0) is 0 Å². The fourth-order valence-corrected chi connectivity index (χ4v) is 2.39. The van der Waals surface area contributed by atoms with Crippen LogP contribution < -0.4 is 0 Å². The molecule has 0 aromatic heterocycles. The van der Waals surface area contributed by atoms with Gasteiger partial charge in [-0.15, -0.1) is 11.6 Å². The molecule has 4 nitrogen and oxygen atoms in total. The van der Waals surface area contributed by atoms with Gasteiger partial charge in [0.2, 0.25) is 0 Å². The maximum absolute atomic E-state index is 11.4. The van der Waals surface area contributed by atoms with Crippen LogP contribution in [0.3, 0.4) is 0 Å². The highest BCUT2D eigenvalue weighted by Crippen LogP contribution is 2.31. The number of nitro groups is 1. The van der Waals surface area contributed by atoms with E-state index in [-0.39, 0.29) is 22.2 Å². The summed E-state index contributed by atoms with van der Waals surface area (Å²) in [6.07, 6.45) is 0. The zero-order chi connectivity index (χ0) is 11.6. The summed E-state index contributed by atoms with van der Waals surface area (Å²) < 4.78 is 0.550. The van der Waals surface area contributed by atoms with E-state index in [0.717, 1.165) is 0 Å². The summed E-state index contributed by atoms with van der Waals surface area (Å²) in [4.78, 5) is 21.3. The van der Waals surface area contributed by atoms with Crippen LogP contribution in [-0.4, -0.2) is 16.6 Å². The normalized spacial score (nSPS) is 10.1. The van der Waals surface area contributed by atoms with Gasteiger partial charge in [0.1, 0.15) is 5.02 Å². The maximum Gasteiger partial charge on any atom is 0.288 e. The van der Waals surface area contributed by atoms with E-state index in [1.54, 1.807) is 0 Å². The molecule has 0 aliphatic heterocycles. The van der Waals surface area contributed by atoms with Crippen molar-refractivity contribution in [2.75, 3.05) is 5.88 Å². The third kappa shape index (κ3) is 2.59. The van der Waals surface area contributed by atoms with Crippen LogP contribution in [0.5, 0.6) is 0 Å². The third-order valence-corrected chi connectivity index (χ3v) is 3.19. The number of carbonyl (C=O) groups is 1. The van der Waals surface area contributed by atoms with Crippen LogP contribution in [0.4, 0.5) is 5.69 Å². The fraction of sp³-hybridized carbons (Fsp3) is 0.125. The lowest BCUT2D eigenvalue weighted by atomic mass is 10.1. The van der Waals surface area contributed by atoms with Crippen molar-refractivity contribution in [1.82, 2.24) is 0 Å². The van der Waals surface area contributed by atoms with Crippen molar-refractivity contribution in [3.8, 4) is 0 Å². The van der Waals surface area contributed by atoms with Gasteiger partial charge in [0.15, 0.2) is 5.78 Å². The average molecular weight is 360 g/mol. The summed E-state index contributed by atoms with van der Waals surface area (Å²) in [5.41, 5.74) is -0.174. The van der Waals surface area contributed by atoms with Gasteiger partial charge in [-0.05, 0) is 28.7 Å². The summed E-state index contributed by atoms with van der Waals surface area (Å²) in [6, 6.07) is 2.72. The molecular weight excluding hydrogens is 356 g/mol. The summed E-state index contributed by atoms with van der Waals surface area (Å²) in [5, 5.41) is 10.4. The molecule has 0 spiro atoms. The topological polar surface area (TPSA) is 60.2 Å². The highest BCUT2D eigenvalue weighted by molar-refractivity contribution is 14.1. The molecule has 0 heterocycles. The van der Waals surface area contributed by atoms with Crippen molar-refractivity contribution in [2.24, 2.45) is 0 Å². The second-order valence-electron chi connectivity index (χ2n) is 2.57. The SMILES string of the molecule is O=C(CCl)c1c(I)ccc([N+](=O)[O-])c1Cl. The van der Waals surface area contributed by atoms with E-state index in [4.69, 9.17) is 23.2 Å². The molecule has 1 rings (SSSR count). The Kier molecular flexibility index (Phi) is 4.30. The van der Waals surface area contributed by atoms with Gasteiger partial charge in [0.25, 0.3) is 5.69 Å². The smallest absolute Gasteiger partial charge is 0.288 e. The van der Waals surface area contributed by atoms with Crippen molar-refractivity contribution in [1.29, 1.82) is 0 Å². The molecule has 0 radical (unpaired) electrons. The largest absolute Gasteiger partial charge is 0.293 e. The number of nitrogens with zero attached hydrogens (tertiary/aromatic N) is 1. The van der Waals surface area contributed by atoms with Crippen molar-refractivity contribution < 1.29 is 9.72 Å². The third-order valence-electron chi connectivity index (χ3n) is 1.67. The predicted molar refractivity (Wildman–Crippen MR) is 65.9 cm³/mol. The molecule has 15 heavy (non-hydrogen) atoms. The number of benzene rings is 1. The van der Waals surface area contributed by atoms with Gasteiger partial charge in [-0.25, -0.2) is 0 Å². The number of carbonyl (C=O) groups excluding carboxylic acids is 1. The molecule has 0 unspecified atom stereocenters. The van der Waals surface area contributed by atoms with Crippen molar-refractivity contribution in [3.05, 3.63) is 36.4 Å². The Morgan fingerprint density at radius 2 is 2.13 bits per heavy atom. The number of ketones is 1. The van der Waals surface area contributed by atoms with Crippen LogP contribution in [0, 0.1) is 13.7 Å². The number of nitro benzene ring substituents is 1. The van der Waals surface area contributed by atoms with Crippen LogP contribution in [0.1, 0.15) is 10.4 Å². The predicted octanol–water partition coefficient (Wildman–Crippen LogP) is 3.27. The van der Waals surface area contributed by atoms with E-state index >= 15 is 0 Å². The second-order valence-corrected chi connectivity index (χ2v) is 4.38. The lowest BCUT2D eigenvalue weighted by molar-refractivity contribution is -0.384. The molecule has 0 fully saturated rings. The van der Waals surface area contributed by atoms with E-state index in [1.807, 2.05) is 22.6 Å². The van der Waals surface area contributed by atoms with E-state index in [1.165, 1.54) is 12.1 Å². The molecular formula is C8H4Cl2INO3. The number of Topliss-reactive ketones (excluding diaryl/α,β-unsaturated/α-hetero) is 1. The molecule has 1 aromatic carbocycles. The first kappa shape index (κ1) is 12.7. The Bertz CT molecular complexity index is 436. The Hall–Kier alpha value is -0.400. The molecule has 1 aromatic rings. The monoisotopic (exact) mass is 359 g/mol. The number of halogens is 3. The van der Waals surface area contributed by atoms with Gasteiger partial charge in [-0.2, -0.15) is 0 Å². The minimum Gasteiger partial charge on any atom is -0.293 e. The van der Waals surface area contributed by atoms with E-state index in [0.29, 0.717) is 3.57 Å². The minimum absolute atomic E-state index is 0.112. The standard InChI is InChI=1S/C8H4Cl2INO3/c9-3-6(13)7-4(11)1-2-5(8(7)10)12(14)15/h1-2H,3H2. The zero-order valence-electron chi connectivity index (χ0n) is 7.17. The van der Waals surface area contributed by atoms with Crippen LogP contribution >= 0.6 is 45.8 Å². The quantitative estimate of drug-likeness (QED) is 0.273. The van der Waals surface area contributed by atoms with Gasteiger partial charge in [-0.1, -0.05) is 11.6 Å². The van der Waals surface area contributed by atoms with Gasteiger partial charge in [0.05, 0.1) is 16.4 Å². The highest BCUT2D eigenvalue weighted by Gasteiger charge is 2.22.